The second-order valence-electron chi connectivity index (χ2n) is 5.93. The summed E-state index contributed by atoms with van der Waals surface area (Å²) in [7, 11) is 0. The molecule has 7 heteroatoms. The molecule has 144 valence electrons. The van der Waals surface area contributed by atoms with Crippen molar-refractivity contribution in [3.8, 4) is 11.1 Å². The van der Waals surface area contributed by atoms with Crippen molar-refractivity contribution in [3.05, 3.63) is 75.9 Å². The first-order chi connectivity index (χ1) is 13.5. The molecule has 0 bridgehead atoms. The molecule has 4 nitrogen and oxygen atoms in total. The molecule has 0 fully saturated rings. The molecule has 1 amide bonds. The molecular weight excluding hydrogens is 401 g/mol. The fourth-order valence-corrected chi connectivity index (χ4v) is 3.76. The van der Waals surface area contributed by atoms with Gasteiger partial charge in [0.2, 0.25) is 5.91 Å². The lowest BCUT2D eigenvalue weighted by molar-refractivity contribution is -0.115. The summed E-state index contributed by atoms with van der Waals surface area (Å²) in [4.78, 5) is 25.0. The molecule has 3 aromatic rings. The molecule has 0 aliphatic rings. The maximum Gasteiger partial charge on any atom is 0.341 e. The number of esters is 1. The summed E-state index contributed by atoms with van der Waals surface area (Å²) >= 11 is 7.08. The van der Waals surface area contributed by atoms with Gasteiger partial charge in [-0.15, -0.1) is 11.3 Å². The van der Waals surface area contributed by atoms with Gasteiger partial charge in [0.05, 0.1) is 13.0 Å². The van der Waals surface area contributed by atoms with Crippen molar-refractivity contribution < 1.29 is 18.7 Å². The van der Waals surface area contributed by atoms with Gasteiger partial charge in [0.25, 0.3) is 0 Å². The highest BCUT2D eigenvalue weighted by Crippen LogP contribution is 2.36. The van der Waals surface area contributed by atoms with E-state index in [0.717, 1.165) is 5.56 Å². The van der Waals surface area contributed by atoms with E-state index in [9.17, 15) is 14.0 Å². The number of thiophene rings is 1. The summed E-state index contributed by atoms with van der Waals surface area (Å²) in [5.74, 6) is -1.17. The summed E-state index contributed by atoms with van der Waals surface area (Å²) in [6, 6.07) is 12.8. The van der Waals surface area contributed by atoms with Crippen LogP contribution in [0.4, 0.5) is 9.39 Å². The first kappa shape index (κ1) is 20.0. The van der Waals surface area contributed by atoms with Crippen LogP contribution < -0.4 is 5.32 Å². The van der Waals surface area contributed by atoms with Crippen molar-refractivity contribution in [1.82, 2.24) is 0 Å². The number of hydrogen-bond acceptors (Lipinski definition) is 4. The quantitative estimate of drug-likeness (QED) is 0.534. The van der Waals surface area contributed by atoms with E-state index in [1.807, 2.05) is 0 Å². The number of nitrogens with one attached hydrogen (secondary N) is 1. The molecule has 1 aromatic heterocycles. The lowest BCUT2D eigenvalue weighted by Crippen LogP contribution is -2.16. The van der Waals surface area contributed by atoms with Crippen LogP contribution in [0.25, 0.3) is 11.1 Å². The van der Waals surface area contributed by atoms with Crippen LogP contribution in [0.3, 0.4) is 0 Å². The molecule has 0 saturated heterocycles. The maximum atomic E-state index is 13.2. The minimum Gasteiger partial charge on any atom is -0.462 e. The van der Waals surface area contributed by atoms with E-state index in [0.29, 0.717) is 21.2 Å². The Labute approximate surface area is 170 Å². The molecule has 1 N–H and O–H groups in total. The van der Waals surface area contributed by atoms with Crippen LogP contribution >= 0.6 is 22.9 Å². The highest BCUT2D eigenvalue weighted by molar-refractivity contribution is 7.15. The Hall–Kier alpha value is -2.70. The van der Waals surface area contributed by atoms with E-state index >= 15 is 0 Å². The number of ether oxygens (including phenoxy) is 1. The first-order valence-corrected chi connectivity index (χ1v) is 9.82. The molecule has 2 aromatic carbocycles. The SMILES string of the molecule is CCOC(=O)c1c(-c2ccc(F)cc2)csc1NC(=O)Cc1ccc(Cl)cc1. The van der Waals surface area contributed by atoms with Gasteiger partial charge in [-0.05, 0) is 42.3 Å². The fraction of sp³-hybridized carbons (Fsp3) is 0.143. The van der Waals surface area contributed by atoms with E-state index in [1.165, 1.54) is 23.5 Å². The van der Waals surface area contributed by atoms with Crippen molar-refractivity contribution >= 4 is 39.8 Å². The van der Waals surface area contributed by atoms with E-state index < -0.39 is 5.97 Å². The molecule has 0 radical (unpaired) electrons. The number of anilines is 1. The third kappa shape index (κ3) is 4.77. The van der Waals surface area contributed by atoms with E-state index in [1.54, 1.807) is 48.7 Å². The topological polar surface area (TPSA) is 55.4 Å². The van der Waals surface area contributed by atoms with Crippen molar-refractivity contribution in [2.45, 2.75) is 13.3 Å². The number of rotatable bonds is 6. The number of benzene rings is 2. The third-order valence-electron chi connectivity index (χ3n) is 3.96. The van der Waals surface area contributed by atoms with Crippen molar-refractivity contribution in [1.29, 1.82) is 0 Å². The van der Waals surface area contributed by atoms with Crippen molar-refractivity contribution in [2.24, 2.45) is 0 Å². The summed E-state index contributed by atoms with van der Waals surface area (Å²) in [6.45, 7) is 1.91. The number of hydrogen-bond donors (Lipinski definition) is 1. The highest BCUT2D eigenvalue weighted by Gasteiger charge is 2.22. The molecule has 1 heterocycles. The maximum absolute atomic E-state index is 13.2. The van der Waals surface area contributed by atoms with E-state index in [2.05, 4.69) is 5.32 Å². The van der Waals surface area contributed by atoms with Gasteiger partial charge in [0, 0.05) is 16.0 Å². The van der Waals surface area contributed by atoms with Crippen molar-refractivity contribution in [3.63, 3.8) is 0 Å². The fourth-order valence-electron chi connectivity index (χ4n) is 2.66. The van der Waals surface area contributed by atoms with Crippen LogP contribution in [0.5, 0.6) is 0 Å². The predicted octanol–water partition coefficient (Wildman–Crippen LogP) is 5.57. The van der Waals surface area contributed by atoms with Crippen LogP contribution in [0.2, 0.25) is 5.02 Å². The molecule has 0 aliphatic heterocycles. The average Bonchev–Trinajstić information content (AvgIpc) is 3.08. The van der Waals surface area contributed by atoms with Gasteiger partial charge in [-0.2, -0.15) is 0 Å². The summed E-state index contributed by atoms with van der Waals surface area (Å²) in [5, 5.41) is 5.53. The third-order valence-corrected chi connectivity index (χ3v) is 5.10. The molecule has 28 heavy (non-hydrogen) atoms. The molecule has 3 rings (SSSR count). The number of halogens is 2. The minimum absolute atomic E-state index is 0.142. The van der Waals surface area contributed by atoms with Crippen LogP contribution in [-0.2, 0) is 16.0 Å². The lowest BCUT2D eigenvalue weighted by Gasteiger charge is -2.09. The van der Waals surface area contributed by atoms with Gasteiger partial charge in [0.1, 0.15) is 16.4 Å². The summed E-state index contributed by atoms with van der Waals surface area (Å²) in [5.41, 5.74) is 2.32. The standard InChI is InChI=1S/C21H17ClFNO3S/c1-2-27-21(26)19-17(14-5-9-16(23)10-6-14)12-28-20(19)24-18(25)11-13-3-7-15(22)8-4-13/h3-10,12H,2,11H2,1H3,(H,24,25). The Balaban J connectivity index is 1.87. The lowest BCUT2D eigenvalue weighted by atomic mass is 10.0. The van der Waals surface area contributed by atoms with Gasteiger partial charge < -0.3 is 10.1 Å². The van der Waals surface area contributed by atoms with Gasteiger partial charge in [-0.25, -0.2) is 9.18 Å². The molecule has 0 aliphatic carbocycles. The van der Waals surface area contributed by atoms with E-state index in [4.69, 9.17) is 16.3 Å². The Morgan fingerprint density at radius 2 is 1.79 bits per heavy atom. The van der Waals surface area contributed by atoms with Crippen LogP contribution in [0.15, 0.2) is 53.9 Å². The van der Waals surface area contributed by atoms with Gasteiger partial charge in [0.15, 0.2) is 0 Å². The number of carbonyl (C=O) groups excluding carboxylic acids is 2. The zero-order chi connectivity index (χ0) is 20.1. The molecule has 0 unspecified atom stereocenters. The zero-order valence-corrected chi connectivity index (χ0v) is 16.6. The monoisotopic (exact) mass is 417 g/mol. The van der Waals surface area contributed by atoms with Crippen LogP contribution in [0.1, 0.15) is 22.8 Å². The first-order valence-electron chi connectivity index (χ1n) is 8.56. The largest absolute Gasteiger partial charge is 0.462 e. The Kier molecular flexibility index (Phi) is 6.44. The second kappa shape index (κ2) is 8.99. The Morgan fingerprint density at radius 3 is 2.43 bits per heavy atom. The molecule has 0 saturated carbocycles. The van der Waals surface area contributed by atoms with Crippen molar-refractivity contribution in [2.75, 3.05) is 11.9 Å². The molecular formula is C21H17ClFNO3S. The zero-order valence-electron chi connectivity index (χ0n) is 15.0. The summed E-state index contributed by atoms with van der Waals surface area (Å²) in [6.07, 6.45) is 0.142. The Bertz CT molecular complexity index is 984. The highest BCUT2D eigenvalue weighted by atomic mass is 35.5. The minimum atomic E-state index is -0.537. The van der Waals surface area contributed by atoms with Gasteiger partial charge in [-0.3, -0.25) is 4.79 Å². The van der Waals surface area contributed by atoms with Gasteiger partial charge >= 0.3 is 5.97 Å². The van der Waals surface area contributed by atoms with Crippen LogP contribution in [-0.4, -0.2) is 18.5 Å². The molecule has 0 spiro atoms. The molecule has 0 atom stereocenters. The second-order valence-corrected chi connectivity index (χ2v) is 7.25. The smallest absolute Gasteiger partial charge is 0.341 e. The van der Waals surface area contributed by atoms with Gasteiger partial charge in [-0.1, -0.05) is 35.9 Å². The average molecular weight is 418 g/mol. The number of carbonyl (C=O) groups is 2. The predicted molar refractivity (Wildman–Crippen MR) is 109 cm³/mol. The van der Waals surface area contributed by atoms with E-state index in [-0.39, 0.29) is 30.3 Å². The summed E-state index contributed by atoms with van der Waals surface area (Å²) < 4.78 is 18.4. The Morgan fingerprint density at radius 1 is 1.11 bits per heavy atom. The van der Waals surface area contributed by atoms with Crippen LogP contribution in [0, 0.1) is 5.82 Å². The normalized spacial score (nSPS) is 10.5. The number of amides is 1.